The third-order valence-electron chi connectivity index (χ3n) is 2.13. The maximum Gasteiger partial charge on any atom is 0.322 e. The molecule has 9 heteroatoms. The number of nitrogens with two attached hydrogens (primary N) is 1. The molecule has 0 aromatic carbocycles. The second-order valence-corrected chi connectivity index (χ2v) is 4.12. The van der Waals surface area contributed by atoms with E-state index in [4.69, 9.17) is 10.8 Å². The first-order chi connectivity index (χ1) is 8.90. The van der Waals surface area contributed by atoms with Crippen LogP contribution < -0.4 is 16.4 Å². The lowest BCUT2D eigenvalue weighted by atomic mass is 10.2. The predicted molar refractivity (Wildman–Crippen MR) is 69.7 cm³/mol. The van der Waals surface area contributed by atoms with Crippen LogP contribution in [0.5, 0.6) is 0 Å². The van der Waals surface area contributed by atoms with E-state index in [9.17, 15) is 19.2 Å². The van der Waals surface area contributed by atoms with Crippen LogP contribution in [0.15, 0.2) is 0 Å². The minimum Gasteiger partial charge on any atom is -0.480 e. The van der Waals surface area contributed by atoms with Gasteiger partial charge < -0.3 is 26.3 Å². The zero-order chi connectivity index (χ0) is 14.8. The standard InChI is InChI=1S/C10H17N3O5S/c11-6(4-14)1-2-8(15)13-7(5-19)10(18)12-3-9(16)17/h4,6-7,19H,1-3,5,11H2,(H,12,18)(H,13,15)(H,16,17). The summed E-state index contributed by atoms with van der Waals surface area (Å²) in [5.41, 5.74) is 5.32. The van der Waals surface area contributed by atoms with Crippen LogP contribution in [0.4, 0.5) is 0 Å². The van der Waals surface area contributed by atoms with Crippen molar-refractivity contribution in [3.8, 4) is 0 Å². The predicted octanol–water partition coefficient (Wildman–Crippen LogP) is -2.09. The Morgan fingerprint density at radius 3 is 2.47 bits per heavy atom. The molecule has 2 amide bonds. The van der Waals surface area contributed by atoms with Gasteiger partial charge in [0.1, 0.15) is 18.9 Å². The maximum absolute atomic E-state index is 11.5. The molecule has 0 fully saturated rings. The lowest BCUT2D eigenvalue weighted by molar-refractivity contribution is -0.138. The molecule has 2 unspecified atom stereocenters. The zero-order valence-corrected chi connectivity index (χ0v) is 11.1. The van der Waals surface area contributed by atoms with Crippen molar-refractivity contribution in [3.05, 3.63) is 0 Å². The first kappa shape index (κ1) is 17.4. The van der Waals surface area contributed by atoms with Crippen LogP contribution in [0.3, 0.4) is 0 Å². The van der Waals surface area contributed by atoms with Crippen molar-refractivity contribution in [1.29, 1.82) is 0 Å². The van der Waals surface area contributed by atoms with Crippen LogP contribution >= 0.6 is 12.6 Å². The summed E-state index contributed by atoms with van der Waals surface area (Å²) in [6.45, 7) is -0.533. The third kappa shape index (κ3) is 8.16. The van der Waals surface area contributed by atoms with E-state index in [0.29, 0.717) is 6.29 Å². The first-order valence-electron chi connectivity index (χ1n) is 5.51. The van der Waals surface area contributed by atoms with Gasteiger partial charge >= 0.3 is 5.97 Å². The molecule has 0 spiro atoms. The van der Waals surface area contributed by atoms with Crippen LogP contribution in [0.2, 0.25) is 0 Å². The Labute approximate surface area is 115 Å². The Bertz CT molecular complexity index is 350. The number of carbonyl (C=O) groups is 4. The number of carboxylic acids is 1. The van der Waals surface area contributed by atoms with E-state index in [1.807, 2.05) is 0 Å². The highest BCUT2D eigenvalue weighted by molar-refractivity contribution is 7.80. The summed E-state index contributed by atoms with van der Waals surface area (Å²) in [5.74, 6) is -2.25. The summed E-state index contributed by atoms with van der Waals surface area (Å²) in [6.07, 6.45) is 0.699. The summed E-state index contributed by atoms with van der Waals surface area (Å²) in [5, 5.41) is 12.9. The summed E-state index contributed by atoms with van der Waals surface area (Å²) in [7, 11) is 0. The van der Waals surface area contributed by atoms with Crippen molar-refractivity contribution in [1.82, 2.24) is 10.6 Å². The molecule has 0 saturated heterocycles. The van der Waals surface area contributed by atoms with E-state index >= 15 is 0 Å². The lowest BCUT2D eigenvalue weighted by Gasteiger charge is -2.16. The molecule has 19 heavy (non-hydrogen) atoms. The Balaban J connectivity index is 4.16. The van der Waals surface area contributed by atoms with Crippen LogP contribution in [0.1, 0.15) is 12.8 Å². The number of carboxylic acid groups (broad SMARTS) is 1. The quantitative estimate of drug-likeness (QED) is 0.244. The Morgan fingerprint density at radius 1 is 1.37 bits per heavy atom. The van der Waals surface area contributed by atoms with Gasteiger partial charge in [-0.2, -0.15) is 12.6 Å². The molecule has 0 aliphatic heterocycles. The molecule has 2 atom stereocenters. The second kappa shape index (κ2) is 9.34. The Morgan fingerprint density at radius 2 is 2.00 bits per heavy atom. The van der Waals surface area contributed by atoms with Crippen LogP contribution in [0.25, 0.3) is 0 Å². The topological polar surface area (TPSA) is 139 Å². The van der Waals surface area contributed by atoms with Crippen molar-refractivity contribution < 1.29 is 24.3 Å². The molecule has 0 heterocycles. The van der Waals surface area contributed by atoms with E-state index in [0.717, 1.165) is 0 Å². The van der Waals surface area contributed by atoms with Gasteiger partial charge in [0.05, 0.1) is 6.04 Å². The molecule has 0 aromatic rings. The van der Waals surface area contributed by atoms with E-state index in [1.54, 1.807) is 0 Å². The molecule has 0 aromatic heterocycles. The van der Waals surface area contributed by atoms with Gasteiger partial charge in [-0.15, -0.1) is 0 Å². The first-order valence-corrected chi connectivity index (χ1v) is 6.14. The molecule has 0 aliphatic carbocycles. The Kier molecular flexibility index (Phi) is 8.55. The number of carbonyl (C=O) groups excluding carboxylic acids is 3. The van der Waals surface area contributed by atoms with Crippen molar-refractivity contribution in [2.75, 3.05) is 12.3 Å². The maximum atomic E-state index is 11.5. The van der Waals surface area contributed by atoms with E-state index in [1.165, 1.54) is 0 Å². The monoisotopic (exact) mass is 291 g/mol. The summed E-state index contributed by atoms with van der Waals surface area (Å²) < 4.78 is 0. The molecule has 8 nitrogen and oxygen atoms in total. The molecule has 0 rings (SSSR count). The minimum atomic E-state index is -1.19. The fraction of sp³-hybridized carbons (Fsp3) is 0.600. The highest BCUT2D eigenvalue weighted by Gasteiger charge is 2.19. The number of rotatable bonds is 9. The highest BCUT2D eigenvalue weighted by Crippen LogP contribution is 1.95. The Hall–Kier alpha value is -1.61. The number of amides is 2. The number of nitrogens with one attached hydrogen (secondary N) is 2. The van der Waals surface area contributed by atoms with Gasteiger partial charge in [-0.3, -0.25) is 14.4 Å². The minimum absolute atomic E-state index is 0.00358. The third-order valence-corrected chi connectivity index (χ3v) is 2.49. The average Bonchev–Trinajstić information content (AvgIpc) is 2.39. The molecule has 0 bridgehead atoms. The van der Waals surface area contributed by atoms with Gasteiger partial charge in [-0.25, -0.2) is 0 Å². The SMILES string of the molecule is NC(C=O)CCC(=O)NC(CS)C(=O)NCC(=O)O. The zero-order valence-electron chi connectivity index (χ0n) is 10.2. The van der Waals surface area contributed by atoms with Crippen molar-refractivity contribution >= 4 is 36.7 Å². The largest absolute Gasteiger partial charge is 0.480 e. The fourth-order valence-corrected chi connectivity index (χ4v) is 1.37. The van der Waals surface area contributed by atoms with Crippen LogP contribution in [0, 0.1) is 0 Å². The van der Waals surface area contributed by atoms with Crippen molar-refractivity contribution in [3.63, 3.8) is 0 Å². The summed E-state index contributed by atoms with van der Waals surface area (Å²) in [4.78, 5) is 43.5. The average molecular weight is 291 g/mol. The van der Waals surface area contributed by atoms with Crippen LogP contribution in [-0.2, 0) is 19.2 Å². The van der Waals surface area contributed by atoms with Gasteiger partial charge in [-0.1, -0.05) is 0 Å². The molecular formula is C10H17N3O5S. The van der Waals surface area contributed by atoms with Gasteiger partial charge in [-0.05, 0) is 6.42 Å². The molecule has 0 radical (unpaired) electrons. The molecule has 0 aliphatic rings. The fourth-order valence-electron chi connectivity index (χ4n) is 1.11. The molecule has 108 valence electrons. The number of thiol groups is 1. The number of hydrogen-bond donors (Lipinski definition) is 5. The number of aliphatic carboxylic acids is 1. The molecule has 5 N–H and O–H groups in total. The highest BCUT2D eigenvalue weighted by atomic mass is 32.1. The van der Waals surface area contributed by atoms with Crippen molar-refractivity contribution in [2.24, 2.45) is 5.73 Å². The smallest absolute Gasteiger partial charge is 0.322 e. The van der Waals surface area contributed by atoms with Crippen molar-refractivity contribution in [2.45, 2.75) is 24.9 Å². The lowest BCUT2D eigenvalue weighted by Crippen LogP contribution is -2.49. The van der Waals surface area contributed by atoms with E-state index < -0.39 is 36.4 Å². The van der Waals surface area contributed by atoms with Gasteiger partial charge in [0.15, 0.2) is 0 Å². The van der Waals surface area contributed by atoms with Gasteiger partial charge in [0.25, 0.3) is 0 Å². The summed E-state index contributed by atoms with van der Waals surface area (Å²) in [6, 6.07) is -1.65. The van der Waals surface area contributed by atoms with Crippen LogP contribution in [-0.4, -0.2) is 53.6 Å². The molecule has 0 saturated carbocycles. The number of aldehydes is 1. The normalized spacial score (nSPS) is 13.2. The van der Waals surface area contributed by atoms with Gasteiger partial charge in [0, 0.05) is 12.2 Å². The summed E-state index contributed by atoms with van der Waals surface area (Å²) >= 11 is 3.90. The van der Waals surface area contributed by atoms with E-state index in [2.05, 4.69) is 23.3 Å². The molecular weight excluding hydrogens is 274 g/mol. The van der Waals surface area contributed by atoms with Gasteiger partial charge in [0.2, 0.25) is 11.8 Å². The van der Waals surface area contributed by atoms with E-state index in [-0.39, 0.29) is 18.6 Å². The number of hydrogen-bond acceptors (Lipinski definition) is 6. The second-order valence-electron chi connectivity index (χ2n) is 3.75.